The van der Waals surface area contributed by atoms with E-state index < -0.39 is 30.2 Å². The lowest BCUT2D eigenvalue weighted by atomic mass is 10.0. The molecule has 0 aliphatic heterocycles. The van der Waals surface area contributed by atoms with Crippen molar-refractivity contribution in [1.82, 2.24) is 19.5 Å². The summed E-state index contributed by atoms with van der Waals surface area (Å²) < 4.78 is 79.5. The van der Waals surface area contributed by atoms with Crippen LogP contribution in [0.2, 0.25) is 0 Å². The van der Waals surface area contributed by atoms with E-state index in [2.05, 4.69) is 0 Å². The van der Waals surface area contributed by atoms with Crippen molar-refractivity contribution in [3.8, 4) is 62.1 Å². The topological polar surface area (TPSA) is 43.6 Å². The molecule has 0 radical (unpaired) electrons. The van der Waals surface area contributed by atoms with Gasteiger partial charge in [0.15, 0.2) is 17.5 Å². The molecule has 0 saturated carbocycles. The van der Waals surface area contributed by atoms with Gasteiger partial charge in [0.05, 0.1) is 23.4 Å². The van der Waals surface area contributed by atoms with Crippen LogP contribution < -0.4 is 0 Å². The summed E-state index contributed by atoms with van der Waals surface area (Å²) in [6.07, 6.45) is 0. The maximum absolute atomic E-state index is 9.22. The Labute approximate surface area is 297 Å². The van der Waals surface area contributed by atoms with Crippen molar-refractivity contribution in [2.24, 2.45) is 0 Å². The molecule has 0 saturated heterocycles. The molecule has 0 unspecified atom stereocenters. The van der Waals surface area contributed by atoms with Gasteiger partial charge in [0, 0.05) is 33.2 Å². The van der Waals surface area contributed by atoms with Gasteiger partial charge in [-0.25, -0.2) is 15.0 Å². The molecule has 0 atom stereocenters. The number of para-hydroxylation sites is 1. The third-order valence-corrected chi connectivity index (χ3v) is 8.43. The van der Waals surface area contributed by atoms with Crippen molar-refractivity contribution in [3.05, 3.63) is 182 Å². The molecule has 2 aromatic heterocycles. The van der Waals surface area contributed by atoms with Crippen LogP contribution >= 0.6 is 0 Å². The second-order valence-corrected chi connectivity index (χ2v) is 11.5. The molecule has 0 aliphatic rings. The first-order valence-electron chi connectivity index (χ1n) is 20.2. The number of hydrogen-bond donors (Lipinski definition) is 0. The summed E-state index contributed by atoms with van der Waals surface area (Å²) >= 11 is 0. The van der Waals surface area contributed by atoms with Crippen molar-refractivity contribution >= 4 is 21.8 Å². The average Bonchev–Trinajstić information content (AvgIpc) is 3.61. The first-order valence-corrected chi connectivity index (χ1v) is 15.7. The van der Waals surface area contributed by atoms with Crippen molar-refractivity contribution in [2.75, 3.05) is 0 Å². The number of aromatic nitrogens is 4. The Balaban J connectivity index is 1.37. The summed E-state index contributed by atoms with van der Waals surface area (Å²) in [7, 11) is 0. The molecule has 0 N–H and O–H groups in total. The lowest BCUT2D eigenvalue weighted by Crippen LogP contribution is -2.01. The van der Waals surface area contributed by atoms with Crippen LogP contribution in [0.25, 0.3) is 83.9 Å². The van der Waals surface area contributed by atoms with Gasteiger partial charge in [0.1, 0.15) is 0 Å². The Morgan fingerprint density at radius 1 is 0.367 bits per heavy atom. The lowest BCUT2D eigenvalue weighted by Gasteiger charge is -2.14. The monoisotopic (exact) mass is 635 g/mol. The highest BCUT2D eigenvalue weighted by Crippen LogP contribution is 2.37. The Morgan fingerprint density at radius 3 is 1.57 bits per heavy atom. The second-order valence-electron chi connectivity index (χ2n) is 11.5. The summed E-state index contributed by atoms with van der Waals surface area (Å²) in [4.78, 5) is 14.8. The van der Waals surface area contributed by atoms with Crippen molar-refractivity contribution in [3.63, 3.8) is 0 Å². The number of hydrogen-bond acceptors (Lipinski definition) is 3. The molecule has 7 aromatic carbocycles. The van der Waals surface area contributed by atoms with Gasteiger partial charge in [-0.2, -0.15) is 0 Å². The molecular formula is C45H30N4. The van der Waals surface area contributed by atoms with Crippen LogP contribution in [0.5, 0.6) is 0 Å². The highest BCUT2D eigenvalue weighted by atomic mass is 15.0. The van der Waals surface area contributed by atoms with Gasteiger partial charge in [0.2, 0.25) is 0 Å². The zero-order valence-electron chi connectivity index (χ0n) is 34.9. The van der Waals surface area contributed by atoms with Crippen LogP contribution in [0.3, 0.4) is 0 Å². The zero-order valence-corrected chi connectivity index (χ0v) is 25.9. The molecule has 2 heterocycles. The summed E-state index contributed by atoms with van der Waals surface area (Å²) in [5.41, 5.74) is 5.48. The van der Waals surface area contributed by atoms with Crippen LogP contribution in [-0.4, -0.2) is 19.5 Å². The van der Waals surface area contributed by atoms with E-state index >= 15 is 0 Å². The van der Waals surface area contributed by atoms with E-state index in [0.29, 0.717) is 45.2 Å². The Morgan fingerprint density at radius 2 is 0.918 bits per heavy atom. The SMILES string of the molecule is [2H]c1c([2H])c([2H])c(-c2ccc3c(c2)c2c([2H])c([2H])c([2H])c([2H])c2n3-c2cc(-c3ccccc3)cc(-c3nc(-c4ccccc4)nc(-c4ccccc4)n3)c2)c([2H])c1[2H]. The summed E-state index contributed by atoms with van der Waals surface area (Å²) in [6, 6.07) is 36.2. The third kappa shape index (κ3) is 5.35. The van der Waals surface area contributed by atoms with Crippen molar-refractivity contribution in [1.29, 1.82) is 0 Å². The van der Waals surface area contributed by atoms with Gasteiger partial charge in [-0.3, -0.25) is 0 Å². The van der Waals surface area contributed by atoms with Gasteiger partial charge < -0.3 is 4.57 Å². The largest absolute Gasteiger partial charge is 0.309 e. The number of nitrogens with zero attached hydrogens (tertiary/aromatic N) is 4. The van der Waals surface area contributed by atoms with Gasteiger partial charge >= 0.3 is 0 Å². The van der Waals surface area contributed by atoms with E-state index in [9.17, 15) is 1.37 Å². The first-order chi connectivity index (χ1) is 28.0. The maximum atomic E-state index is 9.22. The summed E-state index contributed by atoms with van der Waals surface area (Å²) in [5.74, 6) is 1.34. The fourth-order valence-electron chi connectivity index (χ4n) is 6.14. The molecule has 0 bridgehead atoms. The fourth-order valence-corrected chi connectivity index (χ4v) is 6.14. The highest BCUT2D eigenvalue weighted by molar-refractivity contribution is 6.10. The van der Waals surface area contributed by atoms with Crippen LogP contribution in [0, 0.1) is 0 Å². The van der Waals surface area contributed by atoms with Gasteiger partial charge in [-0.05, 0) is 58.6 Å². The standard InChI is InChI=1S/C45H30N4/c1-5-15-31(16-6-1)35-25-26-42-40(30-35)39-23-13-14-24-41(39)49(42)38-28-36(32-17-7-2-8-18-32)27-37(29-38)45-47-43(33-19-9-3-10-20-33)46-44(48-45)34-21-11-4-12-22-34/h1-30H/i1D,5D,6D,13D,14D,15D,16D,23D,24D. The lowest BCUT2D eigenvalue weighted by molar-refractivity contribution is 1.07. The minimum Gasteiger partial charge on any atom is -0.309 e. The van der Waals surface area contributed by atoms with E-state index in [1.807, 2.05) is 109 Å². The molecule has 0 fully saturated rings. The number of benzene rings is 7. The van der Waals surface area contributed by atoms with Crippen LogP contribution in [-0.2, 0) is 0 Å². The quantitative estimate of drug-likeness (QED) is 0.183. The molecule has 4 nitrogen and oxygen atoms in total. The average molecular weight is 636 g/mol. The molecule has 9 aromatic rings. The van der Waals surface area contributed by atoms with E-state index in [1.54, 1.807) is 22.8 Å². The van der Waals surface area contributed by atoms with E-state index in [-0.39, 0.29) is 40.6 Å². The predicted octanol–water partition coefficient (Wildman–Crippen LogP) is 11.3. The van der Waals surface area contributed by atoms with Gasteiger partial charge in [-0.15, -0.1) is 0 Å². The molecule has 49 heavy (non-hydrogen) atoms. The van der Waals surface area contributed by atoms with Gasteiger partial charge in [0.25, 0.3) is 0 Å². The maximum Gasteiger partial charge on any atom is 0.164 e. The highest BCUT2D eigenvalue weighted by Gasteiger charge is 2.18. The molecule has 0 amide bonds. The minimum atomic E-state index is -0.510. The number of fused-ring (bicyclic) bond motifs is 3. The van der Waals surface area contributed by atoms with Crippen LogP contribution in [0.1, 0.15) is 12.3 Å². The molecular weight excluding hydrogens is 597 g/mol. The van der Waals surface area contributed by atoms with E-state index in [0.717, 1.165) is 22.3 Å². The van der Waals surface area contributed by atoms with Crippen molar-refractivity contribution < 1.29 is 12.3 Å². The Kier molecular flexibility index (Phi) is 5.11. The zero-order chi connectivity index (χ0) is 40.4. The second kappa shape index (κ2) is 12.2. The summed E-state index contributed by atoms with van der Waals surface area (Å²) in [6.45, 7) is 0. The van der Waals surface area contributed by atoms with E-state index in [1.165, 1.54) is 0 Å². The molecule has 0 aliphatic carbocycles. The Hall–Kier alpha value is -6.65. The number of rotatable bonds is 6. The fraction of sp³-hybridized carbons (Fsp3) is 0. The first kappa shape index (κ1) is 20.6. The van der Waals surface area contributed by atoms with Crippen LogP contribution in [0.4, 0.5) is 0 Å². The Bertz CT molecular complexity index is 3010. The summed E-state index contributed by atoms with van der Waals surface area (Å²) in [5, 5.41) is 0.635. The minimum absolute atomic E-state index is 0.0127. The predicted molar refractivity (Wildman–Crippen MR) is 201 cm³/mol. The molecule has 4 heteroatoms. The van der Waals surface area contributed by atoms with Crippen molar-refractivity contribution in [2.45, 2.75) is 0 Å². The third-order valence-electron chi connectivity index (χ3n) is 8.43. The normalized spacial score (nSPS) is 13.8. The smallest absolute Gasteiger partial charge is 0.164 e. The van der Waals surface area contributed by atoms with Crippen LogP contribution in [0.15, 0.2) is 182 Å². The molecule has 0 spiro atoms. The molecule has 9 rings (SSSR count). The molecule has 230 valence electrons. The van der Waals surface area contributed by atoms with E-state index in [4.69, 9.17) is 25.9 Å². The van der Waals surface area contributed by atoms with Gasteiger partial charge in [-0.1, -0.05) is 145 Å².